The van der Waals surface area contributed by atoms with Gasteiger partial charge in [0, 0.05) is 17.3 Å². The molecule has 2 N–H and O–H groups in total. The number of amides is 1. The van der Waals surface area contributed by atoms with E-state index < -0.39 is 14.1 Å². The largest absolute Gasteiger partial charge is 0.494 e. The van der Waals surface area contributed by atoms with Gasteiger partial charge in [0.1, 0.15) is 5.75 Å². The fourth-order valence-corrected chi connectivity index (χ4v) is 4.97. The smallest absolute Gasteiger partial charge is 0.269 e. The third-order valence-corrected chi connectivity index (χ3v) is 12.3. The van der Waals surface area contributed by atoms with Crippen LogP contribution in [0.4, 0.5) is 4.39 Å². The normalized spacial score (nSPS) is 13.7. The van der Waals surface area contributed by atoms with Gasteiger partial charge in [-0.05, 0) is 78.9 Å². The van der Waals surface area contributed by atoms with Crippen LogP contribution in [-0.4, -0.2) is 33.1 Å². The first kappa shape index (κ1) is 29.5. The van der Waals surface area contributed by atoms with Crippen LogP contribution in [0.15, 0.2) is 54.7 Å². The van der Waals surface area contributed by atoms with Crippen LogP contribution in [0, 0.1) is 11.7 Å². The van der Waals surface area contributed by atoms with Gasteiger partial charge in [0.25, 0.3) is 11.6 Å². The van der Waals surface area contributed by atoms with Gasteiger partial charge < -0.3 is 19.2 Å². The molecule has 0 spiro atoms. The fourth-order valence-electron chi connectivity index (χ4n) is 4.02. The number of rotatable bonds is 11. The summed E-state index contributed by atoms with van der Waals surface area (Å²) >= 11 is 0. The van der Waals surface area contributed by atoms with Crippen molar-refractivity contribution in [2.24, 2.45) is 5.92 Å². The van der Waals surface area contributed by atoms with E-state index in [2.05, 4.69) is 39.2 Å². The van der Waals surface area contributed by atoms with Gasteiger partial charge in [-0.25, -0.2) is 4.39 Å². The molecule has 9 heteroatoms. The van der Waals surface area contributed by atoms with Gasteiger partial charge in [-0.1, -0.05) is 26.8 Å². The molecule has 7 nitrogen and oxygen atoms in total. The molecule has 214 valence electrons. The molecule has 0 saturated heterocycles. The summed E-state index contributed by atoms with van der Waals surface area (Å²) in [4.78, 5) is 13.4. The van der Waals surface area contributed by atoms with Crippen molar-refractivity contribution in [2.45, 2.75) is 64.9 Å². The zero-order valence-electron chi connectivity index (χ0n) is 24.2. The number of benzene rings is 2. The lowest BCUT2D eigenvalue weighted by molar-refractivity contribution is -0.896. The van der Waals surface area contributed by atoms with E-state index in [1.54, 1.807) is 30.5 Å². The molecule has 4 rings (SSSR count). The predicted molar refractivity (Wildman–Crippen MR) is 154 cm³/mol. The molecule has 0 atom stereocenters. The molecule has 1 heterocycles. The van der Waals surface area contributed by atoms with E-state index in [9.17, 15) is 14.4 Å². The molecule has 1 fully saturated rings. The Hall–Kier alpha value is -3.43. The molecule has 40 heavy (non-hydrogen) atoms. The maximum atomic E-state index is 14.2. The van der Waals surface area contributed by atoms with Crippen LogP contribution in [0.2, 0.25) is 18.1 Å². The molecular weight excluding hydrogens is 527 g/mol. The van der Waals surface area contributed by atoms with Gasteiger partial charge in [-0.2, -0.15) is 0 Å². The number of hydrogen-bond donors (Lipinski definition) is 2. The number of carbonyl (C=O) groups excluding carboxylic acids is 1. The maximum Gasteiger partial charge on any atom is 0.269 e. The van der Waals surface area contributed by atoms with Gasteiger partial charge in [0.2, 0.25) is 6.20 Å². The molecule has 2 aromatic carbocycles. The minimum absolute atomic E-state index is 0.0374. The van der Waals surface area contributed by atoms with E-state index in [1.165, 1.54) is 19.2 Å². The highest BCUT2D eigenvalue weighted by atomic mass is 28.4. The van der Waals surface area contributed by atoms with Gasteiger partial charge >= 0.3 is 0 Å². The average molecular weight is 568 g/mol. The lowest BCUT2D eigenvalue weighted by Gasteiger charge is -2.36. The number of hydrogen-bond acceptors (Lipinski definition) is 5. The molecular formula is C31H40FN2O5Si+. The number of aromatic nitrogens is 1. The van der Waals surface area contributed by atoms with E-state index in [-0.39, 0.29) is 23.2 Å². The Morgan fingerprint density at radius 3 is 2.50 bits per heavy atom. The molecule has 1 aromatic heterocycles. The average Bonchev–Trinajstić information content (AvgIpc) is 3.73. The predicted octanol–water partition coefficient (Wildman–Crippen LogP) is 6.27. The van der Waals surface area contributed by atoms with Crippen molar-refractivity contribution < 1.29 is 33.0 Å². The van der Waals surface area contributed by atoms with Crippen LogP contribution in [0.1, 0.15) is 55.1 Å². The Bertz CT molecular complexity index is 1370. The van der Waals surface area contributed by atoms with Crippen LogP contribution >= 0.6 is 0 Å². The van der Waals surface area contributed by atoms with Gasteiger partial charge in [-0.15, -0.1) is 0 Å². The number of nitrogens with one attached hydrogen (secondary N) is 1. The van der Waals surface area contributed by atoms with Crippen LogP contribution in [-0.2, 0) is 17.6 Å². The lowest BCUT2D eigenvalue weighted by Crippen LogP contribution is -2.41. The highest BCUT2D eigenvalue weighted by Crippen LogP contribution is 2.38. The maximum absolute atomic E-state index is 14.2. The second-order valence-electron chi connectivity index (χ2n) is 11.9. The molecule has 1 saturated carbocycles. The Morgan fingerprint density at radius 1 is 1.12 bits per heavy atom. The van der Waals surface area contributed by atoms with E-state index in [4.69, 9.17) is 13.9 Å². The summed E-state index contributed by atoms with van der Waals surface area (Å²) in [6.45, 7) is 11.9. The molecule has 3 aromatic rings. The van der Waals surface area contributed by atoms with Gasteiger partial charge in [0.15, 0.2) is 19.9 Å². The number of methoxy groups -OCH3 is 1. The molecule has 0 radical (unpaired) electrons. The van der Waals surface area contributed by atoms with Crippen molar-refractivity contribution in [1.29, 1.82) is 0 Å². The van der Waals surface area contributed by atoms with E-state index in [0.717, 1.165) is 23.1 Å². The minimum atomic E-state index is -2.05. The summed E-state index contributed by atoms with van der Waals surface area (Å²) in [5.41, 5.74) is 2.94. The summed E-state index contributed by atoms with van der Waals surface area (Å²) in [5.74, 6) is 0.267. The fraction of sp³-hybridized carbons (Fsp3) is 0.419. The van der Waals surface area contributed by atoms with Crippen LogP contribution in [0.5, 0.6) is 11.5 Å². The Kier molecular flexibility index (Phi) is 8.85. The highest BCUT2D eigenvalue weighted by Gasteiger charge is 2.37. The first-order chi connectivity index (χ1) is 18.9. The van der Waals surface area contributed by atoms with Crippen molar-refractivity contribution in [3.63, 3.8) is 0 Å². The minimum Gasteiger partial charge on any atom is -0.494 e. The molecule has 1 aliphatic carbocycles. The highest BCUT2D eigenvalue weighted by molar-refractivity contribution is 6.74. The summed E-state index contributed by atoms with van der Waals surface area (Å²) < 4.78 is 32.7. The monoisotopic (exact) mass is 567 g/mol. The number of carbonyl (C=O) groups is 1. The molecule has 0 bridgehead atoms. The second kappa shape index (κ2) is 12.0. The molecule has 0 aliphatic heterocycles. The Morgan fingerprint density at radius 2 is 1.85 bits per heavy atom. The van der Waals surface area contributed by atoms with Crippen LogP contribution in [0.25, 0.3) is 11.3 Å². The van der Waals surface area contributed by atoms with Crippen molar-refractivity contribution in [1.82, 2.24) is 5.32 Å². The zero-order valence-corrected chi connectivity index (χ0v) is 25.2. The van der Waals surface area contributed by atoms with Gasteiger partial charge in [0.05, 0.1) is 37.0 Å². The number of pyridine rings is 1. The van der Waals surface area contributed by atoms with Crippen molar-refractivity contribution >= 4 is 14.2 Å². The standard InChI is InChI=1S/C31H39FN2O5Si/c1-31(2,3)40(5,6)39-20-24-8-7-15-34(36)29(24)23-12-14-27(38-19-21-9-10-21)25(17-23)30(35)33-18-22-11-13-28(37-4)26(32)16-22/h7-8,11-17,21H,9-10,18-20H2,1-6H3,(H-,33,35,36)/p+1. The van der Waals surface area contributed by atoms with Crippen molar-refractivity contribution in [3.8, 4) is 22.8 Å². The molecule has 0 unspecified atom stereocenters. The molecule has 1 aliphatic rings. The second-order valence-corrected chi connectivity index (χ2v) is 16.7. The van der Waals surface area contributed by atoms with Crippen LogP contribution < -0.4 is 19.5 Å². The first-order valence-corrected chi connectivity index (χ1v) is 16.5. The number of ether oxygens (including phenoxy) is 2. The quantitative estimate of drug-likeness (QED) is 0.162. The topological polar surface area (TPSA) is 80.9 Å². The zero-order chi connectivity index (χ0) is 29.1. The summed E-state index contributed by atoms with van der Waals surface area (Å²) in [6, 6.07) is 13.6. The van der Waals surface area contributed by atoms with E-state index >= 15 is 0 Å². The Balaban J connectivity index is 1.63. The number of nitrogens with zero attached hydrogens (tertiary/aromatic N) is 1. The van der Waals surface area contributed by atoms with Crippen molar-refractivity contribution in [3.05, 3.63) is 77.2 Å². The summed E-state index contributed by atoms with van der Waals surface area (Å²) in [7, 11) is -0.639. The summed E-state index contributed by atoms with van der Waals surface area (Å²) in [6.07, 6.45) is 3.80. The van der Waals surface area contributed by atoms with Gasteiger partial charge in [-0.3, -0.25) is 10.0 Å². The third-order valence-electron chi connectivity index (χ3n) is 7.79. The lowest BCUT2D eigenvalue weighted by atomic mass is 10.0. The molecule has 1 amide bonds. The SMILES string of the molecule is COc1ccc(CNC(=O)c2cc(-c3c(CO[Si](C)(C)C(C)(C)C)ccc[n+]3O)ccc2OCC2CC2)cc1F. The van der Waals surface area contributed by atoms with E-state index in [1.807, 2.05) is 12.1 Å². The Labute approximate surface area is 237 Å². The third kappa shape index (κ3) is 7.00. The first-order valence-electron chi connectivity index (χ1n) is 13.6. The van der Waals surface area contributed by atoms with Crippen molar-refractivity contribution in [2.75, 3.05) is 13.7 Å². The summed E-state index contributed by atoms with van der Waals surface area (Å²) in [5, 5.41) is 13.7. The van der Waals surface area contributed by atoms with E-state index in [0.29, 0.717) is 47.3 Å². The number of halogens is 1. The van der Waals surface area contributed by atoms with Crippen LogP contribution in [0.3, 0.4) is 0 Å².